The first-order valence-electron chi connectivity index (χ1n) is 6.14. The van der Waals surface area contributed by atoms with Crippen LogP contribution < -0.4 is 10.2 Å². The Hall–Kier alpha value is -2.20. The summed E-state index contributed by atoms with van der Waals surface area (Å²) in [4.78, 5) is 15.6. The normalized spacial score (nSPS) is 15.9. The number of carbonyl (C=O) groups excluding carboxylic acids is 1. The van der Waals surface area contributed by atoms with Gasteiger partial charge in [-0.2, -0.15) is 5.26 Å². The molecule has 0 bridgehead atoms. The number of carbonyl (C=O) groups is 1. The van der Waals surface area contributed by atoms with Crippen molar-refractivity contribution >= 4 is 11.7 Å². The van der Waals surface area contributed by atoms with E-state index in [0.29, 0.717) is 12.2 Å². The molecule has 0 atom stereocenters. The number of nitrogens with zero attached hydrogens (tertiary/aromatic N) is 5. The lowest BCUT2D eigenvalue weighted by molar-refractivity contribution is 0.0957. The Balaban J connectivity index is 1.97. The summed E-state index contributed by atoms with van der Waals surface area (Å²) in [7, 11) is 1.56. The monoisotopic (exact) mass is 260 g/mol. The number of anilines is 1. The van der Waals surface area contributed by atoms with Crippen molar-refractivity contribution in [2.45, 2.75) is 0 Å². The largest absolute Gasteiger partial charge is 0.354 e. The van der Waals surface area contributed by atoms with Crippen molar-refractivity contribution in [2.24, 2.45) is 0 Å². The number of nitrogens with one attached hydrogen (secondary N) is 1. The van der Waals surface area contributed by atoms with Crippen molar-refractivity contribution in [1.82, 2.24) is 20.4 Å². The van der Waals surface area contributed by atoms with Crippen LogP contribution in [0.5, 0.6) is 0 Å². The van der Waals surface area contributed by atoms with Gasteiger partial charge in [-0.15, -0.1) is 10.2 Å². The molecule has 19 heavy (non-hydrogen) atoms. The highest BCUT2D eigenvalue weighted by Crippen LogP contribution is 2.12. The van der Waals surface area contributed by atoms with Crippen molar-refractivity contribution in [3.05, 3.63) is 17.8 Å². The lowest BCUT2D eigenvalue weighted by atomic mass is 10.3. The van der Waals surface area contributed by atoms with Crippen molar-refractivity contribution in [1.29, 1.82) is 5.26 Å². The first-order valence-corrected chi connectivity index (χ1v) is 6.14. The molecule has 1 aliphatic rings. The molecule has 2 heterocycles. The Bertz CT molecular complexity index is 472. The molecular formula is C12H16N6O. The predicted octanol–water partition coefficient (Wildman–Crippen LogP) is -0.518. The van der Waals surface area contributed by atoms with E-state index in [2.05, 4.69) is 31.4 Å². The standard InChI is InChI=1S/C12H16N6O/c1-14-12(19)10-2-3-11(16-15-10)18-8-6-17(5-4-13)7-9-18/h2-3H,5-9H2,1H3,(H,14,19). The molecule has 0 radical (unpaired) electrons. The summed E-state index contributed by atoms with van der Waals surface area (Å²) < 4.78 is 0. The van der Waals surface area contributed by atoms with Gasteiger partial charge in [0.1, 0.15) is 0 Å². The molecular weight excluding hydrogens is 244 g/mol. The van der Waals surface area contributed by atoms with Crippen LogP contribution in [0.2, 0.25) is 0 Å². The average molecular weight is 260 g/mol. The summed E-state index contributed by atoms with van der Waals surface area (Å²) >= 11 is 0. The van der Waals surface area contributed by atoms with Gasteiger partial charge in [-0.1, -0.05) is 0 Å². The Kier molecular flexibility index (Phi) is 4.26. The molecule has 1 aliphatic heterocycles. The zero-order chi connectivity index (χ0) is 13.7. The van der Waals surface area contributed by atoms with Crippen LogP contribution in [-0.4, -0.2) is 60.8 Å². The highest BCUT2D eigenvalue weighted by molar-refractivity contribution is 5.91. The zero-order valence-corrected chi connectivity index (χ0v) is 10.8. The molecule has 100 valence electrons. The predicted molar refractivity (Wildman–Crippen MR) is 69.7 cm³/mol. The van der Waals surface area contributed by atoms with E-state index in [1.54, 1.807) is 19.2 Å². The lowest BCUT2D eigenvalue weighted by Gasteiger charge is -2.33. The average Bonchev–Trinajstić information content (AvgIpc) is 2.48. The van der Waals surface area contributed by atoms with Gasteiger partial charge in [-0.05, 0) is 12.1 Å². The number of aromatic nitrogens is 2. The molecule has 0 unspecified atom stereocenters. The van der Waals surface area contributed by atoms with E-state index in [1.807, 2.05) is 0 Å². The van der Waals surface area contributed by atoms with Gasteiger partial charge < -0.3 is 10.2 Å². The molecule has 1 aromatic heterocycles. The topological polar surface area (TPSA) is 85.2 Å². The Morgan fingerprint density at radius 1 is 1.37 bits per heavy atom. The molecule has 1 fully saturated rings. The Morgan fingerprint density at radius 3 is 2.63 bits per heavy atom. The van der Waals surface area contributed by atoms with Crippen LogP contribution in [0, 0.1) is 11.3 Å². The SMILES string of the molecule is CNC(=O)c1ccc(N2CCN(CC#N)CC2)nn1. The van der Waals surface area contributed by atoms with Crippen molar-refractivity contribution < 1.29 is 4.79 Å². The maximum absolute atomic E-state index is 11.4. The summed E-state index contributed by atoms with van der Waals surface area (Å²) in [6.07, 6.45) is 0. The van der Waals surface area contributed by atoms with E-state index >= 15 is 0 Å². The van der Waals surface area contributed by atoms with Gasteiger partial charge in [0.05, 0.1) is 12.6 Å². The minimum absolute atomic E-state index is 0.238. The minimum Gasteiger partial charge on any atom is -0.354 e. The quantitative estimate of drug-likeness (QED) is 0.736. The maximum Gasteiger partial charge on any atom is 0.271 e. The summed E-state index contributed by atoms with van der Waals surface area (Å²) in [5, 5.41) is 19.1. The van der Waals surface area contributed by atoms with E-state index in [-0.39, 0.29) is 5.91 Å². The van der Waals surface area contributed by atoms with E-state index in [1.165, 1.54) is 0 Å². The highest BCUT2D eigenvalue weighted by Gasteiger charge is 2.18. The molecule has 1 amide bonds. The van der Waals surface area contributed by atoms with Crippen LogP contribution in [-0.2, 0) is 0 Å². The maximum atomic E-state index is 11.4. The number of nitriles is 1. The van der Waals surface area contributed by atoms with E-state index in [4.69, 9.17) is 5.26 Å². The number of piperazine rings is 1. The second kappa shape index (κ2) is 6.11. The van der Waals surface area contributed by atoms with Gasteiger partial charge in [0.2, 0.25) is 0 Å². The van der Waals surface area contributed by atoms with E-state index in [9.17, 15) is 4.79 Å². The van der Waals surface area contributed by atoms with Gasteiger partial charge in [-0.3, -0.25) is 9.69 Å². The highest BCUT2D eigenvalue weighted by atomic mass is 16.1. The molecule has 0 aromatic carbocycles. The fourth-order valence-electron chi connectivity index (χ4n) is 1.98. The van der Waals surface area contributed by atoms with Crippen LogP contribution in [0.1, 0.15) is 10.5 Å². The zero-order valence-electron chi connectivity index (χ0n) is 10.8. The van der Waals surface area contributed by atoms with Crippen molar-refractivity contribution in [3.63, 3.8) is 0 Å². The van der Waals surface area contributed by atoms with Gasteiger partial charge in [0, 0.05) is 33.2 Å². The number of hydrogen-bond acceptors (Lipinski definition) is 6. The molecule has 1 saturated heterocycles. The third-order valence-electron chi connectivity index (χ3n) is 3.10. The first-order chi connectivity index (χ1) is 9.24. The smallest absolute Gasteiger partial charge is 0.271 e. The molecule has 0 saturated carbocycles. The molecule has 2 rings (SSSR count). The van der Waals surface area contributed by atoms with Gasteiger partial charge in [0.25, 0.3) is 5.91 Å². The summed E-state index contributed by atoms with van der Waals surface area (Å²) in [6.45, 7) is 3.78. The van der Waals surface area contributed by atoms with Crippen molar-refractivity contribution in [2.75, 3.05) is 44.7 Å². The number of rotatable bonds is 3. The van der Waals surface area contributed by atoms with Crippen LogP contribution in [0.3, 0.4) is 0 Å². The molecule has 7 nitrogen and oxygen atoms in total. The van der Waals surface area contributed by atoms with E-state index < -0.39 is 0 Å². The molecule has 7 heteroatoms. The van der Waals surface area contributed by atoms with Crippen LogP contribution in [0.4, 0.5) is 5.82 Å². The summed E-state index contributed by atoms with van der Waals surface area (Å²) in [5.41, 5.74) is 0.314. The van der Waals surface area contributed by atoms with Crippen LogP contribution in [0.15, 0.2) is 12.1 Å². The number of amides is 1. The summed E-state index contributed by atoms with van der Waals surface area (Å²) in [6, 6.07) is 5.63. The van der Waals surface area contributed by atoms with E-state index in [0.717, 1.165) is 32.0 Å². The van der Waals surface area contributed by atoms with Gasteiger partial charge >= 0.3 is 0 Å². The first kappa shape index (κ1) is 13.2. The number of hydrogen-bond donors (Lipinski definition) is 1. The molecule has 0 aliphatic carbocycles. The second-order valence-corrected chi connectivity index (χ2v) is 4.28. The van der Waals surface area contributed by atoms with Gasteiger partial charge in [0.15, 0.2) is 11.5 Å². The minimum atomic E-state index is -0.238. The fraction of sp³-hybridized carbons (Fsp3) is 0.500. The van der Waals surface area contributed by atoms with Crippen molar-refractivity contribution in [3.8, 4) is 6.07 Å². The third-order valence-corrected chi connectivity index (χ3v) is 3.10. The molecule has 0 spiro atoms. The van der Waals surface area contributed by atoms with Gasteiger partial charge in [-0.25, -0.2) is 0 Å². The fourth-order valence-corrected chi connectivity index (χ4v) is 1.98. The molecule has 1 aromatic rings. The Morgan fingerprint density at radius 2 is 2.11 bits per heavy atom. The lowest BCUT2D eigenvalue weighted by Crippen LogP contribution is -2.46. The third kappa shape index (κ3) is 3.17. The second-order valence-electron chi connectivity index (χ2n) is 4.28. The Labute approximate surface area is 111 Å². The molecule has 1 N–H and O–H groups in total. The summed E-state index contributed by atoms with van der Waals surface area (Å²) in [5.74, 6) is 0.530. The van der Waals surface area contributed by atoms with Crippen LogP contribution in [0.25, 0.3) is 0 Å². The van der Waals surface area contributed by atoms with Crippen LogP contribution >= 0.6 is 0 Å².